The highest BCUT2D eigenvalue weighted by molar-refractivity contribution is 5.94. The summed E-state index contributed by atoms with van der Waals surface area (Å²) in [7, 11) is 2.00. The number of carbonyl (C=O) groups is 1. The molecule has 94 valence electrons. The van der Waals surface area contributed by atoms with E-state index in [1.165, 1.54) is 12.3 Å². The molecule has 2 N–H and O–H groups in total. The van der Waals surface area contributed by atoms with Crippen LogP contribution in [0, 0.1) is 0 Å². The molecule has 0 saturated carbocycles. The highest BCUT2D eigenvalue weighted by Crippen LogP contribution is 2.11. The van der Waals surface area contributed by atoms with E-state index in [0.29, 0.717) is 12.6 Å². The lowest BCUT2D eigenvalue weighted by Gasteiger charge is -2.20. The quantitative estimate of drug-likeness (QED) is 0.797. The number of aromatic hydroxyl groups is 1. The van der Waals surface area contributed by atoms with Gasteiger partial charge in [-0.15, -0.1) is 0 Å². The van der Waals surface area contributed by atoms with E-state index < -0.39 is 0 Å². The van der Waals surface area contributed by atoms with Crippen molar-refractivity contribution in [3.63, 3.8) is 0 Å². The summed E-state index contributed by atoms with van der Waals surface area (Å²) in [5.74, 6) is -0.442. The molecule has 0 aliphatic heterocycles. The number of likely N-dealkylation sites (N-methyl/N-ethyl adjacent to an activating group) is 1. The summed E-state index contributed by atoms with van der Waals surface area (Å²) in [6.45, 7) is 5.47. The lowest BCUT2D eigenvalue weighted by Crippen LogP contribution is -2.36. The van der Waals surface area contributed by atoms with Gasteiger partial charge in [0.1, 0.15) is 5.75 Å². The van der Waals surface area contributed by atoms with Crippen molar-refractivity contribution in [1.29, 1.82) is 0 Å². The zero-order valence-electron chi connectivity index (χ0n) is 10.5. The maximum atomic E-state index is 11.7. The highest BCUT2D eigenvalue weighted by atomic mass is 16.3. The number of nitrogens with one attached hydrogen (secondary N) is 1. The molecular formula is C12H19N3O2. The molecule has 0 aliphatic carbocycles. The van der Waals surface area contributed by atoms with Crippen molar-refractivity contribution in [3.8, 4) is 5.75 Å². The first kappa shape index (κ1) is 13.4. The van der Waals surface area contributed by atoms with E-state index >= 15 is 0 Å². The van der Waals surface area contributed by atoms with Crippen LogP contribution in [0.5, 0.6) is 5.75 Å². The van der Waals surface area contributed by atoms with Gasteiger partial charge in [-0.1, -0.05) is 0 Å². The van der Waals surface area contributed by atoms with Crippen LogP contribution in [0.2, 0.25) is 0 Å². The van der Waals surface area contributed by atoms with E-state index in [0.717, 1.165) is 6.54 Å². The van der Waals surface area contributed by atoms with Gasteiger partial charge < -0.3 is 15.3 Å². The van der Waals surface area contributed by atoms with E-state index in [4.69, 9.17) is 0 Å². The van der Waals surface area contributed by atoms with Crippen LogP contribution in [-0.4, -0.2) is 47.1 Å². The van der Waals surface area contributed by atoms with Crippen molar-refractivity contribution < 1.29 is 9.90 Å². The van der Waals surface area contributed by atoms with E-state index in [1.54, 1.807) is 6.07 Å². The molecule has 0 fully saturated rings. The van der Waals surface area contributed by atoms with Crippen molar-refractivity contribution in [2.24, 2.45) is 0 Å². The maximum absolute atomic E-state index is 11.7. The van der Waals surface area contributed by atoms with Crippen LogP contribution in [0.25, 0.3) is 0 Å². The minimum atomic E-state index is -0.347. The van der Waals surface area contributed by atoms with Gasteiger partial charge in [-0.25, -0.2) is 4.98 Å². The normalized spacial score (nSPS) is 10.9. The Kier molecular flexibility index (Phi) is 4.90. The van der Waals surface area contributed by atoms with Crippen molar-refractivity contribution in [1.82, 2.24) is 15.2 Å². The Balaban J connectivity index is 2.43. The van der Waals surface area contributed by atoms with Gasteiger partial charge in [0.25, 0.3) is 5.91 Å². The second-order valence-electron chi connectivity index (χ2n) is 4.20. The van der Waals surface area contributed by atoms with Crippen LogP contribution in [-0.2, 0) is 0 Å². The Labute approximate surface area is 101 Å². The number of hydrogen-bond acceptors (Lipinski definition) is 4. The van der Waals surface area contributed by atoms with Gasteiger partial charge in [0.15, 0.2) is 5.69 Å². The summed E-state index contributed by atoms with van der Waals surface area (Å²) < 4.78 is 0. The van der Waals surface area contributed by atoms with Crippen molar-refractivity contribution in [2.75, 3.05) is 20.1 Å². The average molecular weight is 237 g/mol. The van der Waals surface area contributed by atoms with Crippen LogP contribution in [0.1, 0.15) is 24.3 Å². The highest BCUT2D eigenvalue weighted by Gasteiger charge is 2.11. The summed E-state index contributed by atoms with van der Waals surface area (Å²) in [4.78, 5) is 17.6. The number of carbonyl (C=O) groups excluding carboxylic acids is 1. The van der Waals surface area contributed by atoms with Gasteiger partial charge in [0, 0.05) is 25.3 Å². The van der Waals surface area contributed by atoms with Gasteiger partial charge in [0.05, 0.1) is 0 Å². The molecule has 0 radical (unpaired) electrons. The average Bonchev–Trinajstić information content (AvgIpc) is 2.29. The summed E-state index contributed by atoms with van der Waals surface area (Å²) in [5.41, 5.74) is 0.0692. The fourth-order valence-electron chi connectivity index (χ4n) is 1.26. The smallest absolute Gasteiger partial charge is 0.273 e. The SMILES string of the molecule is CC(C)N(C)CCNC(=O)c1ncccc1O. The van der Waals surface area contributed by atoms with Crippen LogP contribution in [0.15, 0.2) is 18.3 Å². The van der Waals surface area contributed by atoms with Crippen molar-refractivity contribution in [3.05, 3.63) is 24.0 Å². The number of pyridine rings is 1. The third-order valence-electron chi connectivity index (χ3n) is 2.63. The number of amides is 1. The molecule has 17 heavy (non-hydrogen) atoms. The summed E-state index contributed by atoms with van der Waals surface area (Å²) in [5, 5.41) is 12.2. The summed E-state index contributed by atoms with van der Waals surface area (Å²) in [6, 6.07) is 3.47. The van der Waals surface area contributed by atoms with Gasteiger partial charge in [-0.05, 0) is 33.0 Å². The molecule has 1 aromatic rings. The number of nitrogens with zero attached hydrogens (tertiary/aromatic N) is 2. The molecule has 5 heteroatoms. The maximum Gasteiger partial charge on any atom is 0.273 e. The van der Waals surface area contributed by atoms with E-state index in [-0.39, 0.29) is 17.4 Å². The Hall–Kier alpha value is -1.62. The molecule has 1 amide bonds. The minimum Gasteiger partial charge on any atom is -0.505 e. The van der Waals surface area contributed by atoms with Crippen molar-refractivity contribution in [2.45, 2.75) is 19.9 Å². The predicted octanol–water partition coefficient (Wildman–Crippen LogP) is 0.857. The Morgan fingerprint density at radius 2 is 2.29 bits per heavy atom. The van der Waals surface area contributed by atoms with Crippen LogP contribution in [0.3, 0.4) is 0 Å². The zero-order chi connectivity index (χ0) is 12.8. The topological polar surface area (TPSA) is 65.5 Å². The lowest BCUT2D eigenvalue weighted by atomic mass is 10.3. The van der Waals surface area contributed by atoms with Gasteiger partial charge in [0.2, 0.25) is 0 Å². The second kappa shape index (κ2) is 6.20. The fraction of sp³-hybridized carbons (Fsp3) is 0.500. The largest absolute Gasteiger partial charge is 0.505 e. The molecule has 0 spiro atoms. The minimum absolute atomic E-state index is 0.0692. The lowest BCUT2D eigenvalue weighted by molar-refractivity contribution is 0.0940. The van der Waals surface area contributed by atoms with Crippen LogP contribution in [0.4, 0.5) is 0 Å². The predicted molar refractivity (Wildman–Crippen MR) is 66.0 cm³/mol. The molecule has 0 saturated heterocycles. The first-order valence-corrected chi connectivity index (χ1v) is 5.64. The zero-order valence-corrected chi connectivity index (χ0v) is 10.5. The van der Waals surface area contributed by atoms with Crippen molar-refractivity contribution >= 4 is 5.91 Å². The van der Waals surface area contributed by atoms with E-state index in [2.05, 4.69) is 29.0 Å². The standard InChI is InChI=1S/C12H19N3O2/c1-9(2)15(3)8-7-14-12(17)11-10(16)5-4-6-13-11/h4-6,9,16H,7-8H2,1-3H3,(H,14,17). The Morgan fingerprint density at radius 1 is 1.59 bits per heavy atom. The molecule has 0 atom stereocenters. The number of aromatic nitrogens is 1. The van der Waals surface area contributed by atoms with Crippen LogP contribution >= 0.6 is 0 Å². The molecule has 0 unspecified atom stereocenters. The van der Waals surface area contributed by atoms with E-state index in [9.17, 15) is 9.90 Å². The van der Waals surface area contributed by atoms with E-state index in [1.807, 2.05) is 7.05 Å². The summed E-state index contributed by atoms with van der Waals surface area (Å²) in [6.07, 6.45) is 1.48. The molecule has 1 heterocycles. The number of hydrogen-bond donors (Lipinski definition) is 2. The third kappa shape index (κ3) is 4.03. The molecule has 1 rings (SSSR count). The van der Waals surface area contributed by atoms with Gasteiger partial charge in [-0.3, -0.25) is 4.79 Å². The molecule has 0 aromatic carbocycles. The molecule has 0 bridgehead atoms. The number of rotatable bonds is 5. The Bertz CT molecular complexity index is 380. The molecule has 1 aromatic heterocycles. The summed E-state index contributed by atoms with van der Waals surface area (Å²) >= 11 is 0. The second-order valence-corrected chi connectivity index (χ2v) is 4.20. The monoisotopic (exact) mass is 237 g/mol. The first-order chi connectivity index (χ1) is 8.02. The van der Waals surface area contributed by atoms with Gasteiger partial charge >= 0.3 is 0 Å². The van der Waals surface area contributed by atoms with Crippen LogP contribution < -0.4 is 5.32 Å². The fourth-order valence-corrected chi connectivity index (χ4v) is 1.26. The van der Waals surface area contributed by atoms with Gasteiger partial charge in [-0.2, -0.15) is 0 Å². The molecule has 5 nitrogen and oxygen atoms in total. The molecule has 0 aliphatic rings. The Morgan fingerprint density at radius 3 is 2.88 bits per heavy atom. The third-order valence-corrected chi connectivity index (χ3v) is 2.63. The molecular weight excluding hydrogens is 218 g/mol. The first-order valence-electron chi connectivity index (χ1n) is 5.64.